The lowest BCUT2D eigenvalue weighted by Gasteiger charge is -2.39. The van der Waals surface area contributed by atoms with Crippen LogP contribution in [-0.4, -0.2) is 46.5 Å². The van der Waals surface area contributed by atoms with Crippen LogP contribution in [0.15, 0.2) is 23.1 Å². The molecule has 4 rings (SSSR count). The molecule has 0 unspecified atom stereocenters. The number of piperidine rings is 1. The number of pyridine rings is 1. The lowest BCUT2D eigenvalue weighted by Crippen LogP contribution is -2.45. The monoisotopic (exact) mass is 410 g/mol. The van der Waals surface area contributed by atoms with E-state index in [-0.39, 0.29) is 28.2 Å². The molecule has 1 fully saturated rings. The molecule has 2 aliphatic rings. The summed E-state index contributed by atoms with van der Waals surface area (Å²) in [5.74, 6) is 0.727. The summed E-state index contributed by atoms with van der Waals surface area (Å²) in [6.45, 7) is 5.04. The average Bonchev–Trinajstić information content (AvgIpc) is 2.76. The van der Waals surface area contributed by atoms with Gasteiger partial charge in [-0.1, -0.05) is 6.92 Å². The summed E-state index contributed by atoms with van der Waals surface area (Å²) >= 11 is 0. The van der Waals surface area contributed by atoms with Crippen molar-refractivity contribution in [3.05, 3.63) is 39.9 Å². The van der Waals surface area contributed by atoms with Gasteiger partial charge in [-0.25, -0.2) is 0 Å². The zero-order valence-electron chi connectivity index (χ0n) is 17.7. The van der Waals surface area contributed by atoms with Gasteiger partial charge in [0.25, 0.3) is 5.56 Å². The van der Waals surface area contributed by atoms with Gasteiger partial charge in [-0.3, -0.25) is 19.8 Å². The molecule has 0 aliphatic carbocycles. The molecule has 2 aromatic heterocycles. The van der Waals surface area contributed by atoms with E-state index in [0.717, 1.165) is 50.2 Å². The molecule has 2 aliphatic heterocycles. The zero-order chi connectivity index (χ0) is 21.5. The number of hydrogen-bond acceptors (Lipinski definition) is 7. The van der Waals surface area contributed by atoms with E-state index in [1.165, 1.54) is 4.57 Å². The molecule has 0 bridgehead atoms. The number of hydrogen-bond donors (Lipinski definition) is 3. The molecule has 0 aromatic carbocycles. The molecule has 0 spiro atoms. The Morgan fingerprint density at radius 1 is 1.30 bits per heavy atom. The van der Waals surface area contributed by atoms with E-state index >= 15 is 0 Å². The molecule has 9 nitrogen and oxygen atoms in total. The third kappa shape index (κ3) is 3.43. The Hall–Kier alpha value is -2.94. The van der Waals surface area contributed by atoms with Gasteiger partial charge in [-0.15, -0.1) is 0 Å². The van der Waals surface area contributed by atoms with Gasteiger partial charge in [0.15, 0.2) is 0 Å². The lowest BCUT2D eigenvalue weighted by atomic mass is 9.81. The van der Waals surface area contributed by atoms with Crippen LogP contribution in [0.2, 0.25) is 0 Å². The SMILES string of the molecule is Cn1c(N2CCC(C)(CN)CC2)nc(N)c(C(=N)N2CCCc3ncccc32)c1=O. The summed E-state index contributed by atoms with van der Waals surface area (Å²) in [7, 11) is 1.70. The van der Waals surface area contributed by atoms with Gasteiger partial charge < -0.3 is 21.3 Å². The zero-order valence-corrected chi connectivity index (χ0v) is 17.7. The van der Waals surface area contributed by atoms with E-state index in [1.54, 1.807) is 13.2 Å². The summed E-state index contributed by atoms with van der Waals surface area (Å²) in [6.07, 6.45) is 5.36. The van der Waals surface area contributed by atoms with Gasteiger partial charge in [-0.05, 0) is 49.8 Å². The molecular weight excluding hydrogens is 380 g/mol. The summed E-state index contributed by atoms with van der Waals surface area (Å²) in [5, 5.41) is 8.76. The Morgan fingerprint density at radius 2 is 2.03 bits per heavy atom. The fraction of sp³-hybridized carbons (Fsp3) is 0.524. The standard InChI is InChI=1S/C21H30N8O/c1-21(13-22)7-11-28(12-8-21)20-26-17(23)16(19(30)27(20)2)18(24)29-10-4-5-14-15(29)6-3-9-25-14/h3,6,9,24H,4-5,7-8,10-13,22-23H2,1-2H3. The van der Waals surface area contributed by atoms with Crippen LogP contribution in [0.4, 0.5) is 17.5 Å². The summed E-state index contributed by atoms with van der Waals surface area (Å²) in [5.41, 5.74) is 13.9. The van der Waals surface area contributed by atoms with Gasteiger partial charge in [0, 0.05) is 32.9 Å². The van der Waals surface area contributed by atoms with Gasteiger partial charge in [0.1, 0.15) is 17.2 Å². The highest BCUT2D eigenvalue weighted by molar-refractivity contribution is 6.10. The predicted octanol–water partition coefficient (Wildman–Crippen LogP) is 1.10. The Labute approximate surface area is 176 Å². The molecule has 0 radical (unpaired) electrons. The van der Waals surface area contributed by atoms with Crippen LogP contribution >= 0.6 is 0 Å². The van der Waals surface area contributed by atoms with Gasteiger partial charge in [-0.2, -0.15) is 4.98 Å². The van der Waals surface area contributed by atoms with Crippen LogP contribution in [0.3, 0.4) is 0 Å². The van der Waals surface area contributed by atoms with Gasteiger partial charge in [0.2, 0.25) is 5.95 Å². The smallest absolute Gasteiger partial charge is 0.267 e. The first kappa shape index (κ1) is 20.3. The first-order valence-corrected chi connectivity index (χ1v) is 10.5. The summed E-state index contributed by atoms with van der Waals surface area (Å²) in [6, 6.07) is 3.78. The number of aryl methyl sites for hydroxylation is 1. The van der Waals surface area contributed by atoms with Crippen LogP contribution in [0.5, 0.6) is 0 Å². The maximum atomic E-state index is 13.2. The molecule has 2 aromatic rings. The fourth-order valence-electron chi connectivity index (χ4n) is 4.32. The Balaban J connectivity index is 1.66. The molecule has 0 saturated carbocycles. The van der Waals surface area contributed by atoms with Crippen molar-refractivity contribution in [2.24, 2.45) is 18.2 Å². The second kappa shape index (κ2) is 7.71. The third-order valence-electron chi connectivity index (χ3n) is 6.50. The van der Waals surface area contributed by atoms with Crippen molar-refractivity contribution >= 4 is 23.3 Å². The lowest BCUT2D eigenvalue weighted by molar-refractivity contribution is 0.256. The fourth-order valence-corrected chi connectivity index (χ4v) is 4.32. The normalized spacial score (nSPS) is 18.2. The second-order valence-electron chi connectivity index (χ2n) is 8.61. The average molecular weight is 411 g/mol. The number of amidine groups is 1. The van der Waals surface area contributed by atoms with Crippen molar-refractivity contribution in [3.8, 4) is 0 Å². The molecule has 4 heterocycles. The number of aromatic nitrogens is 3. The van der Waals surface area contributed by atoms with Gasteiger partial charge >= 0.3 is 0 Å². The summed E-state index contributed by atoms with van der Waals surface area (Å²) in [4.78, 5) is 26.1. The van der Waals surface area contributed by atoms with Crippen LogP contribution in [0.25, 0.3) is 0 Å². The van der Waals surface area contributed by atoms with E-state index in [9.17, 15) is 4.79 Å². The minimum Gasteiger partial charge on any atom is -0.383 e. The molecule has 0 amide bonds. The van der Waals surface area contributed by atoms with E-state index in [4.69, 9.17) is 16.9 Å². The second-order valence-corrected chi connectivity index (χ2v) is 8.61. The van der Waals surface area contributed by atoms with Crippen molar-refractivity contribution in [3.63, 3.8) is 0 Å². The maximum Gasteiger partial charge on any atom is 0.267 e. The number of nitrogens with two attached hydrogens (primary N) is 2. The number of fused-ring (bicyclic) bond motifs is 1. The van der Waals surface area contributed by atoms with Crippen molar-refractivity contribution in [2.75, 3.05) is 41.7 Å². The van der Waals surface area contributed by atoms with Crippen molar-refractivity contribution < 1.29 is 0 Å². The van der Waals surface area contributed by atoms with Crippen molar-refractivity contribution in [2.45, 2.75) is 32.6 Å². The molecular formula is C21H30N8O. The molecule has 9 heteroatoms. The number of nitrogens with one attached hydrogen (secondary N) is 1. The Morgan fingerprint density at radius 3 is 2.73 bits per heavy atom. The molecule has 30 heavy (non-hydrogen) atoms. The van der Waals surface area contributed by atoms with Crippen LogP contribution in [0, 0.1) is 10.8 Å². The predicted molar refractivity (Wildman–Crippen MR) is 119 cm³/mol. The third-order valence-corrected chi connectivity index (χ3v) is 6.50. The van der Waals surface area contributed by atoms with E-state index in [0.29, 0.717) is 19.0 Å². The highest BCUT2D eigenvalue weighted by Gasteiger charge is 2.32. The molecule has 5 N–H and O–H groups in total. The number of rotatable bonds is 3. The van der Waals surface area contributed by atoms with Crippen molar-refractivity contribution in [1.29, 1.82) is 5.41 Å². The van der Waals surface area contributed by atoms with Crippen LogP contribution < -0.4 is 26.8 Å². The van der Waals surface area contributed by atoms with E-state index in [2.05, 4.69) is 21.8 Å². The molecule has 0 atom stereocenters. The molecule has 1 saturated heterocycles. The van der Waals surface area contributed by atoms with Crippen LogP contribution in [0.1, 0.15) is 37.4 Å². The number of anilines is 3. The number of nitrogen functional groups attached to an aromatic ring is 1. The van der Waals surface area contributed by atoms with Gasteiger partial charge in [0.05, 0.1) is 11.4 Å². The van der Waals surface area contributed by atoms with Crippen LogP contribution in [-0.2, 0) is 13.5 Å². The topological polar surface area (TPSA) is 130 Å². The highest BCUT2D eigenvalue weighted by Crippen LogP contribution is 2.32. The van der Waals surface area contributed by atoms with E-state index in [1.807, 2.05) is 17.0 Å². The highest BCUT2D eigenvalue weighted by atomic mass is 16.1. The minimum absolute atomic E-state index is 0.0791. The van der Waals surface area contributed by atoms with Crippen molar-refractivity contribution in [1.82, 2.24) is 14.5 Å². The molecule has 160 valence electrons. The van der Waals surface area contributed by atoms with E-state index < -0.39 is 0 Å². The quantitative estimate of drug-likeness (QED) is 0.510. The largest absolute Gasteiger partial charge is 0.383 e. The number of nitrogens with zero attached hydrogens (tertiary/aromatic N) is 5. The Kier molecular flexibility index (Phi) is 5.23. The first-order valence-electron chi connectivity index (χ1n) is 10.5. The Bertz CT molecular complexity index is 1020. The summed E-state index contributed by atoms with van der Waals surface area (Å²) < 4.78 is 1.51. The maximum absolute atomic E-state index is 13.2. The minimum atomic E-state index is -0.300. The first-order chi connectivity index (χ1) is 14.3.